The summed E-state index contributed by atoms with van der Waals surface area (Å²) in [7, 11) is 5.17. The average Bonchev–Trinajstić information content (AvgIpc) is 3.41. The number of methoxy groups -OCH3 is 2. The van der Waals surface area contributed by atoms with E-state index in [4.69, 9.17) is 9.47 Å². The van der Waals surface area contributed by atoms with Crippen LogP contribution in [0.2, 0.25) is 0 Å². The van der Waals surface area contributed by atoms with Gasteiger partial charge in [-0.15, -0.1) is 0 Å². The van der Waals surface area contributed by atoms with Crippen LogP contribution < -0.4 is 30.3 Å². The molecular weight excluding hydrogens is 596 g/mol. The molecule has 1 fully saturated rings. The van der Waals surface area contributed by atoms with Gasteiger partial charge in [0, 0.05) is 66.6 Å². The predicted molar refractivity (Wildman–Crippen MR) is 184 cm³/mol. The molecule has 11 heteroatoms. The summed E-state index contributed by atoms with van der Waals surface area (Å²) in [6.07, 6.45) is 1.65. The Kier molecular flexibility index (Phi) is 9.16. The molecule has 0 bridgehead atoms. The molecule has 6 rings (SSSR count). The van der Waals surface area contributed by atoms with Crippen LogP contribution >= 0.6 is 0 Å². The van der Waals surface area contributed by atoms with Gasteiger partial charge >= 0.3 is 6.03 Å². The van der Waals surface area contributed by atoms with Crippen molar-refractivity contribution in [2.24, 2.45) is 4.99 Å². The van der Waals surface area contributed by atoms with Crippen molar-refractivity contribution in [3.05, 3.63) is 102 Å². The van der Waals surface area contributed by atoms with Crippen LogP contribution in [0.1, 0.15) is 27.4 Å². The number of likely N-dealkylation sites (N-methyl/N-ethyl adjacent to an activating group) is 1. The summed E-state index contributed by atoms with van der Waals surface area (Å²) >= 11 is 0. The van der Waals surface area contributed by atoms with E-state index >= 15 is 0 Å². The maximum absolute atomic E-state index is 13.5. The molecule has 0 saturated carbocycles. The van der Waals surface area contributed by atoms with Gasteiger partial charge in [0.05, 0.1) is 25.6 Å². The van der Waals surface area contributed by atoms with Gasteiger partial charge in [-0.2, -0.15) is 0 Å². The number of urea groups is 1. The highest BCUT2D eigenvalue weighted by Crippen LogP contribution is 2.34. The lowest BCUT2D eigenvalue weighted by Gasteiger charge is -2.34. The predicted octanol–water partition coefficient (Wildman–Crippen LogP) is 5.77. The van der Waals surface area contributed by atoms with Crippen LogP contribution in [0.5, 0.6) is 11.5 Å². The van der Waals surface area contributed by atoms with Crippen molar-refractivity contribution in [2.75, 3.05) is 68.3 Å². The van der Waals surface area contributed by atoms with E-state index in [0.717, 1.165) is 43.1 Å². The smallest absolute Gasteiger partial charge is 0.323 e. The lowest BCUT2D eigenvalue weighted by molar-refractivity contribution is -0.115. The standard InChI is InChI=1S/C36H36N6O5/c1-41-15-17-42(18-16-41)27-10-8-25(9-11-27)37-22-30-29-13-7-24(20-31(29)39-35(30)44)34(43)23-5-4-6-26(19-23)38-36(45)40-32-21-28(46-2)12-14-33(32)47-3/h4-14,19-22,30H,15-18H2,1-3H3,(H,39,44)(H2,38,40,45). The first kappa shape index (κ1) is 31.3. The van der Waals surface area contributed by atoms with E-state index in [1.165, 1.54) is 14.2 Å². The third kappa shape index (κ3) is 7.10. The number of ether oxygens (including phenoxy) is 2. The molecule has 4 aromatic carbocycles. The third-order valence-electron chi connectivity index (χ3n) is 8.32. The molecule has 3 N–H and O–H groups in total. The number of rotatable bonds is 9. The molecule has 0 aromatic heterocycles. The number of nitrogens with zero attached hydrogens (tertiary/aromatic N) is 3. The second-order valence-electron chi connectivity index (χ2n) is 11.4. The van der Waals surface area contributed by atoms with E-state index in [1.54, 1.807) is 66.9 Å². The van der Waals surface area contributed by atoms with Gasteiger partial charge in [0.25, 0.3) is 0 Å². The number of carbonyl (C=O) groups excluding carboxylic acids is 3. The Morgan fingerprint density at radius 2 is 1.64 bits per heavy atom. The number of piperazine rings is 1. The number of anilines is 4. The molecule has 0 aliphatic carbocycles. The number of nitrogens with one attached hydrogen (secondary N) is 3. The zero-order valence-electron chi connectivity index (χ0n) is 26.4. The Bertz CT molecular complexity index is 1830. The van der Waals surface area contributed by atoms with E-state index in [2.05, 4.69) is 49.9 Å². The van der Waals surface area contributed by atoms with Crippen LogP contribution in [0.15, 0.2) is 89.9 Å². The van der Waals surface area contributed by atoms with Crippen LogP contribution in [0.3, 0.4) is 0 Å². The average molecular weight is 633 g/mol. The van der Waals surface area contributed by atoms with Crippen molar-refractivity contribution in [3.63, 3.8) is 0 Å². The summed E-state index contributed by atoms with van der Waals surface area (Å²) in [5, 5.41) is 8.39. The minimum atomic E-state index is -0.569. The third-order valence-corrected chi connectivity index (χ3v) is 8.32. The van der Waals surface area contributed by atoms with Gasteiger partial charge in [0.2, 0.25) is 5.91 Å². The summed E-state index contributed by atoms with van der Waals surface area (Å²) < 4.78 is 10.6. The quantitative estimate of drug-likeness (QED) is 0.158. The second-order valence-corrected chi connectivity index (χ2v) is 11.4. The number of fused-ring (bicyclic) bond motifs is 1. The van der Waals surface area contributed by atoms with Gasteiger partial charge in [-0.05, 0) is 67.2 Å². The van der Waals surface area contributed by atoms with Gasteiger partial charge in [-0.1, -0.05) is 24.3 Å². The van der Waals surface area contributed by atoms with Crippen LogP contribution in [0.4, 0.5) is 33.2 Å². The molecule has 2 heterocycles. The summed E-state index contributed by atoms with van der Waals surface area (Å²) in [6, 6.07) is 24.4. The molecule has 1 atom stereocenters. The zero-order valence-corrected chi connectivity index (χ0v) is 26.4. The highest BCUT2D eigenvalue weighted by Gasteiger charge is 2.30. The fourth-order valence-electron chi connectivity index (χ4n) is 5.65. The molecule has 0 spiro atoms. The first-order valence-electron chi connectivity index (χ1n) is 15.3. The Morgan fingerprint density at radius 3 is 2.38 bits per heavy atom. The maximum Gasteiger partial charge on any atom is 0.323 e. The van der Waals surface area contributed by atoms with E-state index in [0.29, 0.717) is 39.7 Å². The highest BCUT2D eigenvalue weighted by atomic mass is 16.5. The largest absolute Gasteiger partial charge is 0.497 e. The Morgan fingerprint density at radius 1 is 0.872 bits per heavy atom. The molecule has 0 radical (unpaired) electrons. The summed E-state index contributed by atoms with van der Waals surface area (Å²) in [4.78, 5) is 48.4. The van der Waals surface area contributed by atoms with E-state index in [1.807, 2.05) is 12.1 Å². The number of amides is 3. The van der Waals surface area contributed by atoms with Gasteiger partial charge in [0.15, 0.2) is 5.78 Å². The maximum atomic E-state index is 13.5. The van der Waals surface area contributed by atoms with Crippen molar-refractivity contribution >= 4 is 52.4 Å². The van der Waals surface area contributed by atoms with E-state index in [-0.39, 0.29) is 11.7 Å². The molecule has 2 aliphatic rings. The number of hydrogen-bond donors (Lipinski definition) is 3. The molecule has 4 aromatic rings. The van der Waals surface area contributed by atoms with Gasteiger partial charge in [-0.3, -0.25) is 14.6 Å². The first-order chi connectivity index (χ1) is 22.8. The summed E-state index contributed by atoms with van der Waals surface area (Å²) in [5.41, 5.74) is 4.90. The monoisotopic (exact) mass is 632 g/mol. The number of benzene rings is 4. The lowest BCUT2D eigenvalue weighted by atomic mass is 9.97. The van der Waals surface area contributed by atoms with Crippen LogP contribution in [0.25, 0.3) is 0 Å². The Hall–Kier alpha value is -5.68. The molecule has 11 nitrogen and oxygen atoms in total. The molecule has 47 heavy (non-hydrogen) atoms. The minimum Gasteiger partial charge on any atom is -0.497 e. The molecule has 240 valence electrons. The van der Waals surface area contributed by atoms with Crippen LogP contribution in [-0.2, 0) is 4.79 Å². The highest BCUT2D eigenvalue weighted by molar-refractivity contribution is 6.15. The second kappa shape index (κ2) is 13.8. The lowest BCUT2D eigenvalue weighted by Crippen LogP contribution is -2.44. The van der Waals surface area contributed by atoms with Crippen molar-refractivity contribution in [1.82, 2.24) is 4.90 Å². The molecular formula is C36H36N6O5. The fourth-order valence-corrected chi connectivity index (χ4v) is 5.65. The first-order valence-corrected chi connectivity index (χ1v) is 15.3. The summed E-state index contributed by atoms with van der Waals surface area (Å²) in [6.45, 7) is 4.05. The number of aliphatic imine (C=N–C) groups is 1. The van der Waals surface area contributed by atoms with Crippen LogP contribution in [0, 0.1) is 0 Å². The fraction of sp³-hybridized carbons (Fsp3) is 0.222. The Labute approximate surface area is 273 Å². The molecule has 1 saturated heterocycles. The van der Waals surface area contributed by atoms with Crippen molar-refractivity contribution < 1.29 is 23.9 Å². The van der Waals surface area contributed by atoms with E-state index in [9.17, 15) is 14.4 Å². The normalized spacial score (nSPS) is 16.0. The van der Waals surface area contributed by atoms with Gasteiger partial charge in [-0.25, -0.2) is 4.79 Å². The topological polar surface area (TPSA) is 125 Å². The molecule has 1 unspecified atom stereocenters. The zero-order chi connectivity index (χ0) is 32.9. The number of hydrogen-bond acceptors (Lipinski definition) is 8. The minimum absolute atomic E-state index is 0.202. The van der Waals surface area contributed by atoms with Crippen molar-refractivity contribution in [1.29, 1.82) is 0 Å². The van der Waals surface area contributed by atoms with Crippen LogP contribution in [-0.4, -0.2) is 76.3 Å². The number of ketones is 1. The van der Waals surface area contributed by atoms with Gasteiger partial charge in [0.1, 0.15) is 17.4 Å². The SMILES string of the molecule is COc1ccc(OC)c(NC(=O)Nc2cccc(C(=O)c3ccc4c(c3)NC(=O)C4C=Nc3ccc(N4CCN(C)CC4)cc3)c2)c1. The van der Waals surface area contributed by atoms with Crippen molar-refractivity contribution in [3.8, 4) is 11.5 Å². The summed E-state index contributed by atoms with van der Waals surface area (Å²) in [5.74, 6) is 0.00730. The molecule has 2 aliphatic heterocycles. The van der Waals surface area contributed by atoms with Gasteiger partial charge < -0.3 is 35.2 Å². The molecule has 3 amide bonds. The number of carbonyl (C=O) groups is 3. The van der Waals surface area contributed by atoms with Crippen molar-refractivity contribution in [2.45, 2.75) is 5.92 Å². The Balaban J connectivity index is 1.11. The van der Waals surface area contributed by atoms with E-state index < -0.39 is 11.9 Å².